The molecule has 1 aliphatic carbocycles. The molecule has 4 nitrogen and oxygen atoms in total. The lowest BCUT2D eigenvalue weighted by Crippen LogP contribution is -2.17. The molecule has 4 rings (SSSR count). The average Bonchev–Trinajstić information content (AvgIpc) is 2.83. The van der Waals surface area contributed by atoms with Crippen LogP contribution in [0.25, 0.3) is 11.1 Å². The minimum absolute atomic E-state index is 0.213. The van der Waals surface area contributed by atoms with Crippen molar-refractivity contribution in [3.8, 4) is 22.6 Å². The van der Waals surface area contributed by atoms with Crippen LogP contribution in [0.15, 0.2) is 60.7 Å². The number of aliphatic carboxylic acids is 1. The van der Waals surface area contributed by atoms with Gasteiger partial charge in [-0.05, 0) is 85.0 Å². The number of hydrogen-bond donors (Lipinski definition) is 1. The summed E-state index contributed by atoms with van der Waals surface area (Å²) in [6, 6.07) is 21.0. The number of carbonyl (C=O) groups is 1. The molecule has 1 aliphatic rings. The van der Waals surface area contributed by atoms with Crippen molar-refractivity contribution in [1.82, 2.24) is 0 Å². The third-order valence-corrected chi connectivity index (χ3v) is 6.53. The smallest absolute Gasteiger partial charge is 0.303 e. The Morgan fingerprint density at radius 1 is 1.00 bits per heavy atom. The maximum absolute atomic E-state index is 11.1. The fourth-order valence-corrected chi connectivity index (χ4v) is 4.59. The molecule has 3 aromatic carbocycles. The van der Waals surface area contributed by atoms with Gasteiger partial charge >= 0.3 is 5.97 Å². The van der Waals surface area contributed by atoms with Gasteiger partial charge in [0.25, 0.3) is 0 Å². The third kappa shape index (κ3) is 6.19. The molecule has 3 aromatic rings. The van der Waals surface area contributed by atoms with Crippen molar-refractivity contribution in [2.45, 2.75) is 59.0 Å². The van der Waals surface area contributed by atoms with Crippen LogP contribution in [0.5, 0.6) is 11.5 Å². The van der Waals surface area contributed by atoms with E-state index < -0.39 is 5.97 Å². The monoisotopic (exact) mass is 458 g/mol. The Balaban J connectivity index is 1.41. The molecule has 0 saturated heterocycles. The Morgan fingerprint density at radius 2 is 1.82 bits per heavy atom. The Labute approximate surface area is 202 Å². The summed E-state index contributed by atoms with van der Waals surface area (Å²) in [6.45, 7) is 5.49. The van der Waals surface area contributed by atoms with Crippen LogP contribution in [0.2, 0.25) is 0 Å². The first-order valence-electron chi connectivity index (χ1n) is 12.3. The highest BCUT2D eigenvalue weighted by atomic mass is 16.5. The van der Waals surface area contributed by atoms with E-state index in [2.05, 4.69) is 68.4 Å². The number of rotatable bonds is 10. The standard InChI is InChI=1S/C30H34O4/c1-3-4-15-33-29-14-5-21(2)16-28(29)25-10-6-22(7-11-25)20-34-27-13-12-24-9-8-23(18-30(31)32)17-26(24)19-27/h5-7,10-14,16,19,23H,3-4,8-9,15,17-18,20H2,1-2H3,(H,31,32). The van der Waals surface area contributed by atoms with Crippen LogP contribution in [-0.2, 0) is 24.2 Å². The predicted octanol–water partition coefficient (Wildman–Crippen LogP) is 7.00. The number of aryl methyl sites for hydroxylation is 2. The number of ether oxygens (including phenoxy) is 2. The molecule has 1 N–H and O–H groups in total. The summed E-state index contributed by atoms with van der Waals surface area (Å²) < 4.78 is 12.1. The first-order valence-corrected chi connectivity index (χ1v) is 12.3. The van der Waals surface area contributed by atoms with Crippen molar-refractivity contribution >= 4 is 5.97 Å². The first kappa shape index (κ1) is 23.9. The first-order chi connectivity index (χ1) is 16.5. The summed E-state index contributed by atoms with van der Waals surface area (Å²) in [5.41, 5.74) is 7.11. The fourth-order valence-electron chi connectivity index (χ4n) is 4.59. The molecule has 0 bridgehead atoms. The van der Waals surface area contributed by atoms with Gasteiger partial charge in [0, 0.05) is 12.0 Å². The molecule has 4 heteroatoms. The van der Waals surface area contributed by atoms with E-state index in [1.807, 2.05) is 6.07 Å². The Bertz CT molecular complexity index is 1120. The van der Waals surface area contributed by atoms with E-state index in [9.17, 15) is 4.79 Å². The number of unbranched alkanes of at least 4 members (excludes halogenated alkanes) is 1. The highest BCUT2D eigenvalue weighted by Gasteiger charge is 2.21. The minimum Gasteiger partial charge on any atom is -0.493 e. The van der Waals surface area contributed by atoms with Crippen LogP contribution in [0.4, 0.5) is 0 Å². The van der Waals surface area contributed by atoms with Crippen molar-refractivity contribution < 1.29 is 19.4 Å². The lowest BCUT2D eigenvalue weighted by Gasteiger charge is -2.24. The molecule has 0 aromatic heterocycles. The Morgan fingerprint density at radius 3 is 2.59 bits per heavy atom. The fraction of sp³-hybridized carbons (Fsp3) is 0.367. The normalized spacial score (nSPS) is 14.9. The van der Waals surface area contributed by atoms with Crippen LogP contribution in [0.3, 0.4) is 0 Å². The van der Waals surface area contributed by atoms with E-state index in [0.29, 0.717) is 6.61 Å². The van der Waals surface area contributed by atoms with Gasteiger partial charge < -0.3 is 14.6 Å². The van der Waals surface area contributed by atoms with Crippen LogP contribution in [0.1, 0.15) is 54.9 Å². The van der Waals surface area contributed by atoms with Crippen LogP contribution in [-0.4, -0.2) is 17.7 Å². The van der Waals surface area contributed by atoms with Gasteiger partial charge in [0.05, 0.1) is 6.61 Å². The molecule has 178 valence electrons. The highest BCUT2D eigenvalue weighted by molar-refractivity contribution is 5.71. The van der Waals surface area contributed by atoms with Crippen LogP contribution < -0.4 is 9.47 Å². The van der Waals surface area contributed by atoms with Gasteiger partial charge in [-0.1, -0.05) is 55.3 Å². The van der Waals surface area contributed by atoms with Gasteiger partial charge in [-0.25, -0.2) is 0 Å². The van der Waals surface area contributed by atoms with Gasteiger partial charge in [0.15, 0.2) is 0 Å². The second-order valence-electron chi connectivity index (χ2n) is 9.32. The quantitative estimate of drug-likeness (QED) is 0.332. The SMILES string of the molecule is CCCCOc1ccc(C)cc1-c1ccc(COc2ccc3c(c2)CC(CC(=O)O)CC3)cc1. The Kier molecular flexibility index (Phi) is 7.89. The zero-order valence-electron chi connectivity index (χ0n) is 20.2. The third-order valence-electron chi connectivity index (χ3n) is 6.53. The van der Waals surface area contributed by atoms with E-state index in [4.69, 9.17) is 14.6 Å². The van der Waals surface area contributed by atoms with E-state index in [1.54, 1.807) is 0 Å². The number of benzene rings is 3. The largest absolute Gasteiger partial charge is 0.493 e. The lowest BCUT2D eigenvalue weighted by molar-refractivity contribution is -0.138. The van der Waals surface area contributed by atoms with Gasteiger partial charge in [-0.3, -0.25) is 4.79 Å². The minimum atomic E-state index is -0.713. The average molecular weight is 459 g/mol. The molecule has 1 atom stereocenters. The second-order valence-corrected chi connectivity index (χ2v) is 9.32. The molecule has 0 radical (unpaired) electrons. The number of carboxylic acid groups (broad SMARTS) is 1. The van der Waals surface area contributed by atoms with Crippen molar-refractivity contribution in [3.63, 3.8) is 0 Å². The van der Waals surface area contributed by atoms with Crippen molar-refractivity contribution in [3.05, 3.63) is 82.9 Å². The number of fused-ring (bicyclic) bond motifs is 1. The zero-order chi connectivity index (χ0) is 23.9. The molecule has 0 amide bonds. The van der Waals surface area contributed by atoms with E-state index in [-0.39, 0.29) is 12.3 Å². The summed E-state index contributed by atoms with van der Waals surface area (Å²) in [7, 11) is 0. The molecular weight excluding hydrogens is 424 g/mol. The number of carboxylic acids is 1. The predicted molar refractivity (Wildman–Crippen MR) is 136 cm³/mol. The van der Waals surface area contributed by atoms with Crippen molar-refractivity contribution in [1.29, 1.82) is 0 Å². The van der Waals surface area contributed by atoms with E-state index >= 15 is 0 Å². The second kappa shape index (κ2) is 11.2. The van der Waals surface area contributed by atoms with Gasteiger partial charge in [0.2, 0.25) is 0 Å². The lowest BCUT2D eigenvalue weighted by atomic mass is 9.82. The maximum Gasteiger partial charge on any atom is 0.303 e. The topological polar surface area (TPSA) is 55.8 Å². The Hall–Kier alpha value is -3.27. The maximum atomic E-state index is 11.1. The summed E-state index contributed by atoms with van der Waals surface area (Å²) in [4.78, 5) is 11.1. The van der Waals surface area contributed by atoms with Crippen molar-refractivity contribution in [2.24, 2.45) is 5.92 Å². The van der Waals surface area contributed by atoms with E-state index in [1.165, 1.54) is 16.7 Å². The highest BCUT2D eigenvalue weighted by Crippen LogP contribution is 2.33. The molecule has 0 saturated carbocycles. The summed E-state index contributed by atoms with van der Waals surface area (Å²) in [5, 5.41) is 9.12. The van der Waals surface area contributed by atoms with Crippen LogP contribution >= 0.6 is 0 Å². The molecule has 1 unspecified atom stereocenters. The van der Waals surface area contributed by atoms with E-state index in [0.717, 1.165) is 66.9 Å². The van der Waals surface area contributed by atoms with Crippen molar-refractivity contribution in [2.75, 3.05) is 6.61 Å². The summed E-state index contributed by atoms with van der Waals surface area (Å²) in [6.07, 6.45) is 5.10. The summed E-state index contributed by atoms with van der Waals surface area (Å²) in [5.74, 6) is 1.27. The molecule has 34 heavy (non-hydrogen) atoms. The van der Waals surface area contributed by atoms with Gasteiger partial charge in [0.1, 0.15) is 18.1 Å². The molecular formula is C30H34O4. The molecule has 0 fully saturated rings. The molecule has 0 heterocycles. The zero-order valence-corrected chi connectivity index (χ0v) is 20.2. The molecule has 0 spiro atoms. The van der Waals surface area contributed by atoms with Crippen LogP contribution in [0, 0.1) is 12.8 Å². The number of hydrogen-bond acceptors (Lipinski definition) is 3. The van der Waals surface area contributed by atoms with Gasteiger partial charge in [-0.15, -0.1) is 0 Å². The molecule has 0 aliphatic heterocycles. The summed E-state index contributed by atoms with van der Waals surface area (Å²) >= 11 is 0. The van der Waals surface area contributed by atoms with Gasteiger partial charge in [-0.2, -0.15) is 0 Å².